The van der Waals surface area contributed by atoms with Crippen LogP contribution in [0, 0.1) is 5.92 Å². The van der Waals surface area contributed by atoms with Crippen molar-refractivity contribution in [2.75, 3.05) is 13.2 Å². The van der Waals surface area contributed by atoms with Crippen molar-refractivity contribution in [1.29, 1.82) is 0 Å². The highest BCUT2D eigenvalue weighted by molar-refractivity contribution is 5.98. The largest absolute Gasteiger partial charge is 0.457 e. The highest BCUT2D eigenvalue weighted by atomic mass is 16.5. The van der Waals surface area contributed by atoms with Gasteiger partial charge in [0.15, 0.2) is 12.4 Å². The molecule has 2 aromatic carbocycles. The fraction of sp³-hybridized carbons (Fsp3) is 0.375. The summed E-state index contributed by atoms with van der Waals surface area (Å²) in [4.78, 5) is 38.8. The summed E-state index contributed by atoms with van der Waals surface area (Å²) in [5.41, 5.74) is 2.61. The fourth-order valence-electron chi connectivity index (χ4n) is 4.28. The van der Waals surface area contributed by atoms with Gasteiger partial charge in [-0.25, -0.2) is 0 Å². The number of ether oxygens (including phenoxy) is 1. The summed E-state index contributed by atoms with van der Waals surface area (Å²) < 4.78 is 5.25. The molecule has 1 heterocycles. The highest BCUT2D eigenvalue weighted by Gasteiger charge is 2.39. The Bertz CT molecular complexity index is 885. The zero-order valence-corrected chi connectivity index (χ0v) is 16.4. The molecule has 1 amide bonds. The van der Waals surface area contributed by atoms with Crippen LogP contribution in [-0.2, 0) is 14.3 Å². The van der Waals surface area contributed by atoms with Crippen LogP contribution in [0.1, 0.15) is 42.5 Å². The molecule has 5 heteroatoms. The van der Waals surface area contributed by atoms with Gasteiger partial charge in [-0.2, -0.15) is 0 Å². The Hall–Kier alpha value is -2.95. The first-order valence-corrected chi connectivity index (χ1v) is 10.3. The number of amides is 1. The lowest BCUT2D eigenvalue weighted by Crippen LogP contribution is -2.35. The number of nitrogens with zero attached hydrogens (tertiary/aromatic N) is 1. The van der Waals surface area contributed by atoms with Crippen LogP contribution < -0.4 is 0 Å². The van der Waals surface area contributed by atoms with E-state index in [1.165, 1.54) is 0 Å². The average Bonchev–Trinajstić information content (AvgIpc) is 3.42. The molecule has 5 nitrogen and oxygen atoms in total. The number of likely N-dealkylation sites (tertiary alicyclic amines) is 1. The van der Waals surface area contributed by atoms with Gasteiger partial charge in [-0.3, -0.25) is 14.4 Å². The monoisotopic (exact) mass is 391 g/mol. The van der Waals surface area contributed by atoms with Gasteiger partial charge < -0.3 is 9.64 Å². The summed E-state index contributed by atoms with van der Waals surface area (Å²) in [6, 6.07) is 17.5. The number of esters is 1. The molecule has 0 N–H and O–H groups in total. The number of rotatable bonds is 6. The van der Waals surface area contributed by atoms with Gasteiger partial charge in [0.2, 0.25) is 5.91 Å². The molecule has 0 unspecified atom stereocenters. The second-order valence-corrected chi connectivity index (χ2v) is 7.86. The van der Waals surface area contributed by atoms with E-state index in [1.807, 2.05) is 47.4 Å². The van der Waals surface area contributed by atoms with Gasteiger partial charge in [-0.05, 0) is 24.0 Å². The predicted molar refractivity (Wildman–Crippen MR) is 109 cm³/mol. The Morgan fingerprint density at radius 2 is 1.59 bits per heavy atom. The molecule has 1 aliphatic heterocycles. The minimum absolute atomic E-state index is 0.0293. The number of benzene rings is 2. The zero-order chi connectivity index (χ0) is 20.2. The topological polar surface area (TPSA) is 63.7 Å². The van der Waals surface area contributed by atoms with Crippen LogP contribution in [0.5, 0.6) is 0 Å². The molecule has 0 spiro atoms. The summed E-state index contributed by atoms with van der Waals surface area (Å²) in [5, 5.41) is 0. The van der Waals surface area contributed by atoms with Crippen molar-refractivity contribution in [2.24, 2.45) is 5.92 Å². The molecular formula is C24H25NO4. The first kappa shape index (κ1) is 19.4. The molecule has 29 heavy (non-hydrogen) atoms. The van der Waals surface area contributed by atoms with E-state index in [-0.39, 0.29) is 30.8 Å². The summed E-state index contributed by atoms with van der Waals surface area (Å²) >= 11 is 0. The zero-order valence-electron chi connectivity index (χ0n) is 16.4. The number of carbonyl (C=O) groups excluding carboxylic acids is 3. The third kappa shape index (κ3) is 4.39. The van der Waals surface area contributed by atoms with Crippen molar-refractivity contribution in [3.63, 3.8) is 0 Å². The maximum atomic E-state index is 12.4. The Balaban J connectivity index is 1.30. The van der Waals surface area contributed by atoms with Gasteiger partial charge in [0.05, 0.1) is 5.92 Å². The van der Waals surface area contributed by atoms with Crippen molar-refractivity contribution in [2.45, 2.75) is 38.1 Å². The number of Topliss-reactive ketones (excluding diaryl/α,β-unsaturated/α-hetero) is 1. The Morgan fingerprint density at radius 3 is 2.28 bits per heavy atom. The molecule has 1 aliphatic carbocycles. The standard InChI is InChI=1S/C24H25NO4/c26-22(19-12-10-18(11-13-19)17-6-2-1-3-7-17)16-29-24(28)20-14-23(27)25(15-20)21-8-4-5-9-21/h1-3,6-7,10-13,20-21H,4-5,8-9,14-16H2/t20-/m1/s1. The average molecular weight is 391 g/mol. The Morgan fingerprint density at radius 1 is 0.931 bits per heavy atom. The van der Waals surface area contributed by atoms with E-state index >= 15 is 0 Å². The molecule has 0 bridgehead atoms. The van der Waals surface area contributed by atoms with Crippen LogP contribution in [0.25, 0.3) is 11.1 Å². The van der Waals surface area contributed by atoms with Gasteiger partial charge in [0.1, 0.15) is 0 Å². The van der Waals surface area contributed by atoms with Crippen LogP contribution in [0.3, 0.4) is 0 Å². The lowest BCUT2D eigenvalue weighted by Gasteiger charge is -2.23. The van der Waals surface area contributed by atoms with Gasteiger partial charge >= 0.3 is 5.97 Å². The van der Waals surface area contributed by atoms with Gasteiger partial charge in [0, 0.05) is 24.6 Å². The number of hydrogen-bond donors (Lipinski definition) is 0. The first-order chi connectivity index (χ1) is 14.1. The Labute approximate surface area is 170 Å². The number of carbonyl (C=O) groups is 3. The highest BCUT2D eigenvalue weighted by Crippen LogP contribution is 2.30. The molecule has 0 aromatic heterocycles. The van der Waals surface area contributed by atoms with Crippen LogP contribution >= 0.6 is 0 Å². The van der Waals surface area contributed by atoms with E-state index in [4.69, 9.17) is 4.74 Å². The van der Waals surface area contributed by atoms with Crippen LogP contribution in [0.15, 0.2) is 54.6 Å². The third-order valence-corrected chi connectivity index (χ3v) is 5.92. The number of hydrogen-bond acceptors (Lipinski definition) is 4. The van der Waals surface area contributed by atoms with E-state index < -0.39 is 11.9 Å². The van der Waals surface area contributed by atoms with Crippen molar-refractivity contribution < 1.29 is 19.1 Å². The molecule has 1 atom stereocenters. The molecule has 0 radical (unpaired) electrons. The minimum Gasteiger partial charge on any atom is -0.457 e. The van der Waals surface area contributed by atoms with Crippen molar-refractivity contribution in [1.82, 2.24) is 4.90 Å². The lowest BCUT2D eigenvalue weighted by atomic mass is 10.0. The molecule has 2 aromatic rings. The second-order valence-electron chi connectivity index (χ2n) is 7.86. The van der Waals surface area contributed by atoms with E-state index in [2.05, 4.69) is 0 Å². The molecule has 1 saturated carbocycles. The lowest BCUT2D eigenvalue weighted by molar-refractivity contribution is -0.147. The third-order valence-electron chi connectivity index (χ3n) is 5.92. The molecule has 1 saturated heterocycles. The van der Waals surface area contributed by atoms with Gasteiger partial charge in [-0.15, -0.1) is 0 Å². The SMILES string of the molecule is O=C(COC(=O)[C@@H]1CC(=O)N(C2CCCC2)C1)c1ccc(-c2ccccc2)cc1. The fourth-order valence-corrected chi connectivity index (χ4v) is 4.28. The van der Waals surface area contributed by atoms with E-state index in [1.54, 1.807) is 12.1 Å². The quantitative estimate of drug-likeness (QED) is 0.554. The van der Waals surface area contributed by atoms with Crippen molar-refractivity contribution in [3.05, 3.63) is 60.2 Å². The summed E-state index contributed by atoms with van der Waals surface area (Å²) in [6.45, 7) is 0.125. The minimum atomic E-state index is -0.462. The normalized spacial score (nSPS) is 19.5. The summed E-state index contributed by atoms with van der Waals surface area (Å²) in [6.07, 6.45) is 4.51. The smallest absolute Gasteiger partial charge is 0.311 e. The molecule has 2 fully saturated rings. The van der Waals surface area contributed by atoms with E-state index in [0.717, 1.165) is 36.8 Å². The van der Waals surface area contributed by atoms with Crippen molar-refractivity contribution >= 4 is 17.7 Å². The molecular weight excluding hydrogens is 366 g/mol. The maximum Gasteiger partial charge on any atom is 0.311 e. The first-order valence-electron chi connectivity index (χ1n) is 10.3. The van der Waals surface area contributed by atoms with E-state index in [9.17, 15) is 14.4 Å². The van der Waals surface area contributed by atoms with E-state index in [0.29, 0.717) is 12.1 Å². The van der Waals surface area contributed by atoms with Gasteiger partial charge in [-0.1, -0.05) is 67.4 Å². The van der Waals surface area contributed by atoms with Crippen LogP contribution in [0.2, 0.25) is 0 Å². The molecule has 150 valence electrons. The van der Waals surface area contributed by atoms with Crippen LogP contribution in [0.4, 0.5) is 0 Å². The summed E-state index contributed by atoms with van der Waals surface area (Å²) in [5.74, 6) is -1.12. The van der Waals surface area contributed by atoms with Gasteiger partial charge in [0.25, 0.3) is 0 Å². The second kappa shape index (κ2) is 8.60. The summed E-state index contributed by atoms with van der Waals surface area (Å²) in [7, 11) is 0. The number of ketones is 1. The molecule has 4 rings (SSSR count). The van der Waals surface area contributed by atoms with Crippen LogP contribution in [-0.4, -0.2) is 41.8 Å². The molecule has 2 aliphatic rings. The Kier molecular flexibility index (Phi) is 5.74. The van der Waals surface area contributed by atoms with Crippen molar-refractivity contribution in [3.8, 4) is 11.1 Å². The maximum absolute atomic E-state index is 12.4. The predicted octanol–water partition coefficient (Wildman–Crippen LogP) is 3.87.